The molecule has 94 valence electrons. The molecule has 17 heavy (non-hydrogen) atoms. The molecule has 1 aromatic carbocycles. The van der Waals surface area contributed by atoms with Crippen molar-refractivity contribution >= 4 is 11.6 Å². The maximum atomic E-state index is 6.23. The van der Waals surface area contributed by atoms with E-state index in [4.69, 9.17) is 11.6 Å². The van der Waals surface area contributed by atoms with E-state index in [9.17, 15) is 0 Å². The largest absolute Gasteiger partial charge is 0.307 e. The second-order valence-corrected chi connectivity index (χ2v) is 5.69. The fraction of sp³-hybridized carbons (Fsp3) is 0.600. The summed E-state index contributed by atoms with van der Waals surface area (Å²) in [5, 5.41) is 4.61. The summed E-state index contributed by atoms with van der Waals surface area (Å²) >= 11 is 6.23. The molecule has 2 rings (SSSR count). The van der Waals surface area contributed by atoms with Crippen molar-refractivity contribution in [2.24, 2.45) is 5.92 Å². The second kappa shape index (κ2) is 5.88. The van der Waals surface area contributed by atoms with Crippen LogP contribution in [0.25, 0.3) is 0 Å². The van der Waals surface area contributed by atoms with Gasteiger partial charge in [-0.15, -0.1) is 0 Å². The molecule has 0 saturated heterocycles. The van der Waals surface area contributed by atoms with Gasteiger partial charge < -0.3 is 5.32 Å². The SMILES string of the molecule is CC1CCCCC1N[C@H](C)c1ccccc1Cl. The normalized spacial score (nSPS) is 26.8. The highest BCUT2D eigenvalue weighted by Gasteiger charge is 2.23. The van der Waals surface area contributed by atoms with Crippen LogP contribution in [0.15, 0.2) is 24.3 Å². The number of hydrogen-bond acceptors (Lipinski definition) is 1. The van der Waals surface area contributed by atoms with Gasteiger partial charge in [-0.1, -0.05) is 49.6 Å². The van der Waals surface area contributed by atoms with Crippen LogP contribution in [0.4, 0.5) is 0 Å². The first-order valence-corrected chi connectivity index (χ1v) is 7.06. The van der Waals surface area contributed by atoms with E-state index < -0.39 is 0 Å². The Labute approximate surface area is 110 Å². The number of rotatable bonds is 3. The van der Waals surface area contributed by atoms with Crippen molar-refractivity contribution in [3.8, 4) is 0 Å². The smallest absolute Gasteiger partial charge is 0.0453 e. The van der Waals surface area contributed by atoms with Crippen molar-refractivity contribution in [3.63, 3.8) is 0 Å². The van der Waals surface area contributed by atoms with Crippen molar-refractivity contribution in [2.45, 2.75) is 51.6 Å². The van der Waals surface area contributed by atoms with E-state index in [0.29, 0.717) is 12.1 Å². The average Bonchev–Trinajstić information content (AvgIpc) is 2.32. The second-order valence-electron chi connectivity index (χ2n) is 5.28. The molecule has 1 aliphatic rings. The van der Waals surface area contributed by atoms with Crippen molar-refractivity contribution in [1.29, 1.82) is 0 Å². The quantitative estimate of drug-likeness (QED) is 0.830. The predicted molar refractivity (Wildman–Crippen MR) is 74.4 cm³/mol. The van der Waals surface area contributed by atoms with E-state index in [-0.39, 0.29) is 0 Å². The first-order chi connectivity index (χ1) is 8.18. The molecule has 0 aromatic heterocycles. The molecule has 2 unspecified atom stereocenters. The van der Waals surface area contributed by atoms with Crippen molar-refractivity contribution in [1.82, 2.24) is 5.32 Å². The van der Waals surface area contributed by atoms with Crippen LogP contribution in [-0.2, 0) is 0 Å². The number of benzene rings is 1. The van der Waals surface area contributed by atoms with Crippen LogP contribution in [0.1, 0.15) is 51.1 Å². The Hall–Kier alpha value is -0.530. The molecule has 2 heteroatoms. The highest BCUT2D eigenvalue weighted by molar-refractivity contribution is 6.31. The molecule has 1 nitrogen and oxygen atoms in total. The van der Waals surface area contributed by atoms with Crippen LogP contribution in [-0.4, -0.2) is 6.04 Å². The molecule has 0 amide bonds. The van der Waals surface area contributed by atoms with E-state index in [1.165, 1.54) is 31.2 Å². The molecule has 1 aromatic rings. The van der Waals surface area contributed by atoms with E-state index in [1.807, 2.05) is 12.1 Å². The van der Waals surface area contributed by atoms with Gasteiger partial charge in [0.1, 0.15) is 0 Å². The van der Waals surface area contributed by atoms with Gasteiger partial charge in [0.05, 0.1) is 0 Å². The van der Waals surface area contributed by atoms with Crippen LogP contribution in [0.2, 0.25) is 5.02 Å². The first kappa shape index (κ1) is 12.9. The molecule has 0 bridgehead atoms. The minimum Gasteiger partial charge on any atom is -0.307 e. The van der Waals surface area contributed by atoms with Gasteiger partial charge in [0.15, 0.2) is 0 Å². The summed E-state index contributed by atoms with van der Waals surface area (Å²) in [5.41, 5.74) is 1.21. The highest BCUT2D eigenvalue weighted by atomic mass is 35.5. The third kappa shape index (κ3) is 3.23. The third-order valence-corrected chi connectivity index (χ3v) is 4.29. The lowest BCUT2D eigenvalue weighted by atomic mass is 9.85. The van der Waals surface area contributed by atoms with Crippen LogP contribution in [0.5, 0.6) is 0 Å². The average molecular weight is 252 g/mol. The molecule has 0 radical (unpaired) electrons. The van der Waals surface area contributed by atoms with Crippen LogP contribution >= 0.6 is 11.6 Å². The topological polar surface area (TPSA) is 12.0 Å². The Morgan fingerprint density at radius 3 is 2.65 bits per heavy atom. The van der Waals surface area contributed by atoms with Gasteiger partial charge >= 0.3 is 0 Å². The molecule has 1 fully saturated rings. The van der Waals surface area contributed by atoms with E-state index >= 15 is 0 Å². The number of hydrogen-bond donors (Lipinski definition) is 1. The zero-order valence-corrected chi connectivity index (χ0v) is 11.5. The van der Waals surface area contributed by atoms with Gasteiger partial charge in [-0.05, 0) is 37.3 Å². The number of halogens is 1. The summed E-state index contributed by atoms with van der Waals surface area (Å²) in [6.45, 7) is 4.57. The van der Waals surface area contributed by atoms with Crippen LogP contribution < -0.4 is 5.32 Å². The Morgan fingerprint density at radius 2 is 1.94 bits per heavy atom. The summed E-state index contributed by atoms with van der Waals surface area (Å²) < 4.78 is 0. The maximum Gasteiger partial charge on any atom is 0.0453 e. The lowest BCUT2D eigenvalue weighted by Crippen LogP contribution is -2.38. The third-order valence-electron chi connectivity index (χ3n) is 3.95. The molecule has 1 aliphatic carbocycles. The molecule has 1 saturated carbocycles. The highest BCUT2D eigenvalue weighted by Crippen LogP contribution is 2.28. The van der Waals surface area contributed by atoms with E-state index in [2.05, 4.69) is 31.3 Å². The first-order valence-electron chi connectivity index (χ1n) is 6.69. The van der Waals surface area contributed by atoms with Gasteiger partial charge in [-0.25, -0.2) is 0 Å². The van der Waals surface area contributed by atoms with Gasteiger partial charge in [-0.2, -0.15) is 0 Å². The van der Waals surface area contributed by atoms with Gasteiger partial charge in [0.25, 0.3) is 0 Å². The number of nitrogens with one attached hydrogen (secondary N) is 1. The fourth-order valence-corrected chi connectivity index (χ4v) is 3.10. The summed E-state index contributed by atoms with van der Waals surface area (Å²) in [5.74, 6) is 0.786. The van der Waals surface area contributed by atoms with Crippen molar-refractivity contribution in [3.05, 3.63) is 34.9 Å². The summed E-state index contributed by atoms with van der Waals surface area (Å²) in [6.07, 6.45) is 5.40. The molecule has 3 atom stereocenters. The Bertz CT molecular complexity index is 364. The summed E-state index contributed by atoms with van der Waals surface area (Å²) in [6, 6.07) is 9.13. The zero-order valence-electron chi connectivity index (χ0n) is 10.7. The summed E-state index contributed by atoms with van der Waals surface area (Å²) in [4.78, 5) is 0. The zero-order chi connectivity index (χ0) is 12.3. The molecular formula is C15H22ClN. The molecular weight excluding hydrogens is 230 g/mol. The van der Waals surface area contributed by atoms with Crippen LogP contribution in [0, 0.1) is 5.92 Å². The fourth-order valence-electron chi connectivity index (χ4n) is 2.80. The van der Waals surface area contributed by atoms with Gasteiger partial charge in [0, 0.05) is 17.1 Å². The minimum absolute atomic E-state index is 0.342. The summed E-state index contributed by atoms with van der Waals surface area (Å²) in [7, 11) is 0. The maximum absolute atomic E-state index is 6.23. The lowest BCUT2D eigenvalue weighted by molar-refractivity contribution is 0.263. The molecule has 1 N–H and O–H groups in total. The Morgan fingerprint density at radius 1 is 1.24 bits per heavy atom. The van der Waals surface area contributed by atoms with Gasteiger partial charge in [-0.3, -0.25) is 0 Å². The van der Waals surface area contributed by atoms with E-state index in [1.54, 1.807) is 0 Å². The minimum atomic E-state index is 0.342. The monoisotopic (exact) mass is 251 g/mol. The lowest BCUT2D eigenvalue weighted by Gasteiger charge is -2.32. The Kier molecular flexibility index (Phi) is 4.47. The molecule has 0 aliphatic heterocycles. The van der Waals surface area contributed by atoms with Crippen molar-refractivity contribution < 1.29 is 0 Å². The molecule has 0 spiro atoms. The predicted octanol–water partition coefficient (Wildman–Crippen LogP) is 4.57. The standard InChI is InChI=1S/C15H22ClN/c1-11-7-3-6-10-15(11)17-12(2)13-8-4-5-9-14(13)16/h4-5,8-9,11-12,15,17H,3,6-7,10H2,1-2H3/t11?,12-,15?/m1/s1. The molecule has 0 heterocycles. The van der Waals surface area contributed by atoms with Crippen molar-refractivity contribution in [2.75, 3.05) is 0 Å². The van der Waals surface area contributed by atoms with Gasteiger partial charge in [0.2, 0.25) is 0 Å². The van der Waals surface area contributed by atoms with E-state index in [0.717, 1.165) is 10.9 Å². The van der Waals surface area contributed by atoms with Crippen LogP contribution in [0.3, 0.4) is 0 Å². The Balaban J connectivity index is 2.01.